The van der Waals surface area contributed by atoms with Gasteiger partial charge in [-0.05, 0) is 17.7 Å². The quantitative estimate of drug-likeness (QED) is 0.715. The first-order valence-electron chi connectivity index (χ1n) is 6.75. The molecule has 118 valence electrons. The highest BCUT2D eigenvalue weighted by atomic mass is 32.2. The monoisotopic (exact) mass is 314 g/mol. The van der Waals surface area contributed by atoms with Crippen LogP contribution in [0.3, 0.4) is 0 Å². The van der Waals surface area contributed by atoms with E-state index in [1.165, 1.54) is 15.7 Å². The summed E-state index contributed by atoms with van der Waals surface area (Å²) in [4.78, 5) is 11.3. The van der Waals surface area contributed by atoms with E-state index in [2.05, 4.69) is 4.74 Å². The lowest BCUT2D eigenvalue weighted by Crippen LogP contribution is -2.41. The molecule has 21 heavy (non-hydrogen) atoms. The second kappa shape index (κ2) is 7.53. The molecule has 6 nitrogen and oxygen atoms in total. The van der Waals surface area contributed by atoms with Crippen molar-refractivity contribution in [1.82, 2.24) is 8.61 Å². The van der Waals surface area contributed by atoms with Gasteiger partial charge in [0, 0.05) is 26.7 Å². The van der Waals surface area contributed by atoms with E-state index < -0.39 is 16.2 Å². The molecule has 0 aromatic heterocycles. The zero-order valence-electron chi connectivity index (χ0n) is 12.9. The van der Waals surface area contributed by atoms with Crippen molar-refractivity contribution in [3.63, 3.8) is 0 Å². The van der Waals surface area contributed by atoms with Gasteiger partial charge in [0.1, 0.15) is 0 Å². The van der Waals surface area contributed by atoms with E-state index in [1.807, 2.05) is 0 Å². The molecule has 0 atom stereocenters. The van der Waals surface area contributed by atoms with E-state index in [0.29, 0.717) is 18.7 Å². The Morgan fingerprint density at radius 1 is 1.14 bits per heavy atom. The maximum atomic E-state index is 12.3. The summed E-state index contributed by atoms with van der Waals surface area (Å²) in [5.41, 5.74) is 1.25. The van der Waals surface area contributed by atoms with Crippen molar-refractivity contribution < 1.29 is 17.9 Å². The zero-order valence-corrected chi connectivity index (χ0v) is 13.7. The molecule has 0 aliphatic carbocycles. The highest BCUT2D eigenvalue weighted by Crippen LogP contribution is 2.12. The molecule has 1 aromatic rings. The molecule has 7 heteroatoms. The number of esters is 1. The van der Waals surface area contributed by atoms with Crippen molar-refractivity contribution in [3.05, 3.63) is 35.4 Å². The summed E-state index contributed by atoms with van der Waals surface area (Å²) >= 11 is 0. The van der Waals surface area contributed by atoms with E-state index in [0.717, 1.165) is 5.56 Å². The number of carbonyl (C=O) groups excluding carboxylic acids is 1. The van der Waals surface area contributed by atoms with Crippen molar-refractivity contribution >= 4 is 16.2 Å². The van der Waals surface area contributed by atoms with Crippen LogP contribution >= 0.6 is 0 Å². The smallest absolute Gasteiger partial charge is 0.337 e. The van der Waals surface area contributed by atoms with Crippen molar-refractivity contribution in [2.45, 2.75) is 20.4 Å². The van der Waals surface area contributed by atoms with Gasteiger partial charge in [-0.1, -0.05) is 26.0 Å². The van der Waals surface area contributed by atoms with Gasteiger partial charge >= 0.3 is 5.97 Å². The molecular weight excluding hydrogens is 292 g/mol. The summed E-state index contributed by atoms with van der Waals surface area (Å²) in [6.45, 7) is 4.73. The van der Waals surface area contributed by atoms with Gasteiger partial charge in [0.25, 0.3) is 10.2 Å². The summed E-state index contributed by atoms with van der Waals surface area (Å²) in [5, 5.41) is 0. The number of hydrogen-bond donors (Lipinski definition) is 0. The number of hydrogen-bond acceptors (Lipinski definition) is 4. The Kier molecular flexibility index (Phi) is 6.32. The molecule has 0 aliphatic rings. The minimum atomic E-state index is -3.46. The molecule has 0 fully saturated rings. The van der Waals surface area contributed by atoms with Crippen LogP contribution in [0.15, 0.2) is 24.3 Å². The lowest BCUT2D eigenvalue weighted by molar-refractivity contribution is 0.0600. The van der Waals surface area contributed by atoms with Crippen LogP contribution in [0.5, 0.6) is 0 Å². The van der Waals surface area contributed by atoms with E-state index in [1.54, 1.807) is 45.2 Å². The number of rotatable bonds is 7. The molecule has 0 heterocycles. The van der Waals surface area contributed by atoms with E-state index >= 15 is 0 Å². The zero-order chi connectivity index (χ0) is 16.0. The Labute approximate surface area is 126 Å². The fourth-order valence-electron chi connectivity index (χ4n) is 1.95. The highest BCUT2D eigenvalue weighted by molar-refractivity contribution is 7.86. The second-order valence-electron chi connectivity index (χ2n) is 4.54. The van der Waals surface area contributed by atoms with Gasteiger partial charge in [-0.2, -0.15) is 17.0 Å². The fourth-order valence-corrected chi connectivity index (χ4v) is 3.31. The van der Waals surface area contributed by atoms with Gasteiger partial charge in [0.2, 0.25) is 0 Å². The Morgan fingerprint density at radius 2 is 1.67 bits per heavy atom. The summed E-state index contributed by atoms with van der Waals surface area (Å²) in [6, 6.07) is 6.69. The number of ether oxygens (including phenoxy) is 1. The molecule has 0 radical (unpaired) electrons. The molecule has 1 rings (SSSR count). The van der Waals surface area contributed by atoms with Gasteiger partial charge in [0.05, 0.1) is 12.7 Å². The number of methoxy groups -OCH3 is 1. The minimum absolute atomic E-state index is 0.250. The summed E-state index contributed by atoms with van der Waals surface area (Å²) in [5.74, 6) is -0.411. The molecule has 0 saturated carbocycles. The molecule has 0 unspecified atom stereocenters. The predicted molar refractivity (Wildman–Crippen MR) is 81.1 cm³/mol. The van der Waals surface area contributed by atoms with Crippen LogP contribution in [0.2, 0.25) is 0 Å². The number of carbonyl (C=O) groups is 1. The van der Waals surface area contributed by atoms with Crippen LogP contribution in [0, 0.1) is 0 Å². The van der Waals surface area contributed by atoms with Crippen molar-refractivity contribution in [1.29, 1.82) is 0 Å². The van der Waals surface area contributed by atoms with Gasteiger partial charge in [-0.25, -0.2) is 4.79 Å². The first-order valence-corrected chi connectivity index (χ1v) is 8.15. The summed E-state index contributed by atoms with van der Waals surface area (Å²) in [7, 11) is -0.592. The predicted octanol–water partition coefficient (Wildman–Crippen LogP) is 1.49. The van der Waals surface area contributed by atoms with Crippen LogP contribution in [0.25, 0.3) is 0 Å². The highest BCUT2D eigenvalue weighted by Gasteiger charge is 2.24. The third-order valence-corrected chi connectivity index (χ3v) is 5.29. The maximum Gasteiger partial charge on any atom is 0.337 e. The van der Waals surface area contributed by atoms with Crippen LogP contribution in [-0.2, 0) is 21.5 Å². The first-order chi connectivity index (χ1) is 9.86. The molecule has 0 amide bonds. The Morgan fingerprint density at radius 3 is 2.10 bits per heavy atom. The molecule has 0 saturated heterocycles. The lowest BCUT2D eigenvalue weighted by Gasteiger charge is -2.25. The van der Waals surface area contributed by atoms with Gasteiger partial charge in [0.15, 0.2) is 0 Å². The average Bonchev–Trinajstić information content (AvgIpc) is 2.48. The topological polar surface area (TPSA) is 66.9 Å². The molecule has 0 N–H and O–H groups in total. The Bertz CT molecular complexity index is 565. The van der Waals surface area contributed by atoms with Crippen LogP contribution < -0.4 is 0 Å². The van der Waals surface area contributed by atoms with Gasteiger partial charge < -0.3 is 4.74 Å². The van der Waals surface area contributed by atoms with Crippen LogP contribution in [0.4, 0.5) is 0 Å². The average molecular weight is 314 g/mol. The minimum Gasteiger partial charge on any atom is -0.465 e. The number of benzene rings is 1. The standard InChI is InChI=1S/C14H22N2O4S/c1-5-16(6-2)21(18,19)15(3)11-12-7-9-13(10-8-12)14(17)20-4/h7-10H,5-6,11H2,1-4H3. The van der Waals surface area contributed by atoms with Gasteiger partial charge in [-0.3, -0.25) is 0 Å². The summed E-state index contributed by atoms with van der Waals surface area (Å²) < 4.78 is 31.9. The largest absolute Gasteiger partial charge is 0.465 e. The number of nitrogens with zero attached hydrogens (tertiary/aromatic N) is 2. The van der Waals surface area contributed by atoms with E-state index in [-0.39, 0.29) is 6.54 Å². The molecular formula is C14H22N2O4S. The van der Waals surface area contributed by atoms with Gasteiger partial charge in [-0.15, -0.1) is 0 Å². The second-order valence-corrected chi connectivity index (χ2v) is 6.57. The van der Waals surface area contributed by atoms with Crippen molar-refractivity contribution in [2.24, 2.45) is 0 Å². The first kappa shape index (κ1) is 17.6. The molecule has 0 bridgehead atoms. The SMILES string of the molecule is CCN(CC)S(=O)(=O)N(C)Cc1ccc(C(=O)OC)cc1. The maximum absolute atomic E-state index is 12.3. The van der Waals surface area contributed by atoms with Crippen LogP contribution in [-0.4, -0.2) is 50.2 Å². The third kappa shape index (κ3) is 4.26. The Balaban J connectivity index is 2.83. The summed E-state index contributed by atoms with van der Waals surface area (Å²) in [6.07, 6.45) is 0. The van der Waals surface area contributed by atoms with Crippen molar-refractivity contribution in [3.8, 4) is 0 Å². The molecule has 1 aromatic carbocycles. The van der Waals surface area contributed by atoms with Crippen molar-refractivity contribution in [2.75, 3.05) is 27.2 Å². The lowest BCUT2D eigenvalue weighted by atomic mass is 10.1. The van der Waals surface area contributed by atoms with Crippen LogP contribution in [0.1, 0.15) is 29.8 Å². The van der Waals surface area contributed by atoms with E-state index in [9.17, 15) is 13.2 Å². The molecule has 0 aliphatic heterocycles. The fraction of sp³-hybridized carbons (Fsp3) is 0.500. The molecule has 0 spiro atoms. The normalized spacial score (nSPS) is 11.9. The third-order valence-electron chi connectivity index (χ3n) is 3.21. The Hall–Kier alpha value is -1.44. The van der Waals surface area contributed by atoms with E-state index in [4.69, 9.17) is 0 Å².